The van der Waals surface area contributed by atoms with E-state index in [4.69, 9.17) is 11.6 Å². The van der Waals surface area contributed by atoms with Gasteiger partial charge in [0.2, 0.25) is 11.2 Å². The second kappa shape index (κ2) is 5.99. The Morgan fingerprint density at radius 3 is 2.70 bits per heavy atom. The van der Waals surface area contributed by atoms with Crippen LogP contribution in [0.3, 0.4) is 0 Å². The molecular weight excluding hydrogens is 299 g/mol. The molecule has 20 heavy (non-hydrogen) atoms. The van der Waals surface area contributed by atoms with Crippen LogP contribution in [0.5, 0.6) is 0 Å². The van der Waals surface area contributed by atoms with Crippen molar-refractivity contribution in [1.82, 2.24) is 29.7 Å². The SMILES string of the molecule is FC(F)(F)CCCNc1nc(Cl)nc(-n2cncn2)n1. The van der Waals surface area contributed by atoms with Gasteiger partial charge in [0.05, 0.1) is 0 Å². The van der Waals surface area contributed by atoms with Gasteiger partial charge in [-0.15, -0.1) is 0 Å². The first kappa shape index (κ1) is 14.4. The molecule has 2 rings (SSSR count). The van der Waals surface area contributed by atoms with Gasteiger partial charge in [0.15, 0.2) is 0 Å². The fourth-order valence-electron chi connectivity index (χ4n) is 1.32. The van der Waals surface area contributed by atoms with Gasteiger partial charge >= 0.3 is 6.18 Å². The third kappa shape index (κ3) is 4.30. The Hall–Kier alpha value is -1.97. The van der Waals surface area contributed by atoms with Gasteiger partial charge in [0.25, 0.3) is 5.95 Å². The van der Waals surface area contributed by atoms with Crippen LogP contribution in [0, 0.1) is 0 Å². The van der Waals surface area contributed by atoms with E-state index < -0.39 is 12.6 Å². The van der Waals surface area contributed by atoms with Crippen LogP contribution in [0.1, 0.15) is 12.8 Å². The summed E-state index contributed by atoms with van der Waals surface area (Å²) in [5.74, 6) is 0.207. The molecule has 0 saturated heterocycles. The summed E-state index contributed by atoms with van der Waals surface area (Å²) in [6, 6.07) is 0. The predicted molar refractivity (Wildman–Crippen MR) is 63.5 cm³/mol. The first-order valence-corrected chi connectivity index (χ1v) is 5.89. The van der Waals surface area contributed by atoms with Gasteiger partial charge in [0, 0.05) is 13.0 Å². The molecule has 0 radical (unpaired) electrons. The minimum atomic E-state index is -4.18. The van der Waals surface area contributed by atoms with Crippen LogP contribution in [0.15, 0.2) is 12.7 Å². The van der Waals surface area contributed by atoms with Crippen molar-refractivity contribution in [3.8, 4) is 5.95 Å². The lowest BCUT2D eigenvalue weighted by Crippen LogP contribution is -2.13. The zero-order chi connectivity index (χ0) is 14.6. The van der Waals surface area contributed by atoms with E-state index >= 15 is 0 Å². The monoisotopic (exact) mass is 307 g/mol. The van der Waals surface area contributed by atoms with Crippen LogP contribution in [0.4, 0.5) is 19.1 Å². The van der Waals surface area contributed by atoms with E-state index in [0.717, 1.165) is 0 Å². The number of halogens is 4. The van der Waals surface area contributed by atoms with E-state index in [1.54, 1.807) is 0 Å². The Morgan fingerprint density at radius 2 is 2.05 bits per heavy atom. The Bertz CT molecular complexity index is 557. The number of hydrogen-bond donors (Lipinski definition) is 1. The van der Waals surface area contributed by atoms with Crippen molar-refractivity contribution in [2.75, 3.05) is 11.9 Å². The highest BCUT2D eigenvalue weighted by molar-refractivity contribution is 6.28. The second-order valence-corrected chi connectivity index (χ2v) is 4.05. The van der Waals surface area contributed by atoms with E-state index in [1.807, 2.05) is 0 Å². The van der Waals surface area contributed by atoms with Crippen LogP contribution in [-0.4, -0.2) is 42.4 Å². The standard InChI is InChI=1S/C9H9ClF3N7/c10-6-17-7(15-3-1-2-9(11,12)13)19-8(18-6)20-5-14-4-16-20/h4-5H,1-3H2,(H,15,17,18,19). The predicted octanol–water partition coefficient (Wildman–Crippen LogP) is 1.86. The van der Waals surface area contributed by atoms with Crippen LogP contribution >= 0.6 is 11.6 Å². The summed E-state index contributed by atoms with van der Waals surface area (Å²) >= 11 is 5.71. The third-order valence-electron chi connectivity index (χ3n) is 2.14. The fraction of sp³-hybridized carbons (Fsp3) is 0.444. The number of rotatable bonds is 5. The second-order valence-electron chi connectivity index (χ2n) is 3.71. The summed E-state index contributed by atoms with van der Waals surface area (Å²) in [5, 5.41) is 6.37. The molecule has 0 bridgehead atoms. The summed E-state index contributed by atoms with van der Waals surface area (Å²) in [7, 11) is 0. The minimum absolute atomic E-state index is 0.0661. The average Bonchev–Trinajstić information content (AvgIpc) is 2.86. The van der Waals surface area contributed by atoms with E-state index in [0.29, 0.717) is 0 Å². The number of nitrogens with zero attached hydrogens (tertiary/aromatic N) is 6. The van der Waals surface area contributed by atoms with E-state index in [-0.39, 0.29) is 30.1 Å². The Balaban J connectivity index is 1.98. The molecule has 7 nitrogen and oxygen atoms in total. The molecule has 0 fully saturated rings. The van der Waals surface area contributed by atoms with Crippen LogP contribution in [0.2, 0.25) is 5.28 Å². The number of hydrogen-bond acceptors (Lipinski definition) is 6. The van der Waals surface area contributed by atoms with Crippen molar-refractivity contribution in [2.24, 2.45) is 0 Å². The molecular formula is C9H9ClF3N7. The quantitative estimate of drug-likeness (QED) is 0.849. The van der Waals surface area contributed by atoms with Gasteiger partial charge in [-0.05, 0) is 18.0 Å². The molecule has 0 unspecified atom stereocenters. The molecule has 0 atom stereocenters. The maximum Gasteiger partial charge on any atom is 0.389 e. The molecule has 2 heterocycles. The van der Waals surface area contributed by atoms with Crippen molar-refractivity contribution in [2.45, 2.75) is 19.0 Å². The summed E-state index contributed by atoms with van der Waals surface area (Å²) < 4.78 is 37.2. The molecule has 0 spiro atoms. The average molecular weight is 308 g/mol. The molecule has 2 aromatic rings. The van der Waals surface area contributed by atoms with Gasteiger partial charge in [-0.1, -0.05) is 0 Å². The largest absolute Gasteiger partial charge is 0.389 e. The summed E-state index contributed by atoms with van der Waals surface area (Å²) in [5.41, 5.74) is 0. The maximum absolute atomic E-state index is 12.0. The van der Waals surface area contributed by atoms with E-state index in [1.165, 1.54) is 17.3 Å². The van der Waals surface area contributed by atoms with Gasteiger partial charge in [0.1, 0.15) is 12.7 Å². The van der Waals surface area contributed by atoms with Crippen LogP contribution < -0.4 is 5.32 Å². The molecule has 0 amide bonds. The molecule has 0 saturated carbocycles. The summed E-state index contributed by atoms with van der Waals surface area (Å²) in [4.78, 5) is 15.3. The maximum atomic E-state index is 12.0. The fourth-order valence-corrected chi connectivity index (χ4v) is 1.48. The lowest BCUT2D eigenvalue weighted by Gasteiger charge is -2.08. The molecule has 0 aromatic carbocycles. The van der Waals surface area contributed by atoms with Gasteiger partial charge in [-0.3, -0.25) is 0 Å². The van der Waals surface area contributed by atoms with E-state index in [9.17, 15) is 13.2 Å². The first-order valence-electron chi connectivity index (χ1n) is 5.51. The normalized spacial score (nSPS) is 11.6. The third-order valence-corrected chi connectivity index (χ3v) is 2.31. The van der Waals surface area contributed by atoms with E-state index in [2.05, 4.69) is 30.4 Å². The zero-order valence-corrected chi connectivity index (χ0v) is 10.7. The Labute approximate surface area is 116 Å². The van der Waals surface area contributed by atoms with Crippen molar-refractivity contribution in [1.29, 1.82) is 0 Å². The van der Waals surface area contributed by atoms with Crippen molar-refractivity contribution >= 4 is 17.5 Å². The highest BCUT2D eigenvalue weighted by Crippen LogP contribution is 2.21. The van der Waals surface area contributed by atoms with Crippen molar-refractivity contribution < 1.29 is 13.2 Å². The lowest BCUT2D eigenvalue weighted by molar-refractivity contribution is -0.134. The highest BCUT2D eigenvalue weighted by Gasteiger charge is 2.25. The Kier molecular flexibility index (Phi) is 4.32. The smallest absolute Gasteiger partial charge is 0.354 e. The van der Waals surface area contributed by atoms with Gasteiger partial charge in [-0.2, -0.15) is 37.9 Å². The molecule has 1 N–H and O–H groups in total. The van der Waals surface area contributed by atoms with Gasteiger partial charge in [-0.25, -0.2) is 4.98 Å². The topological polar surface area (TPSA) is 81.4 Å². The van der Waals surface area contributed by atoms with Crippen LogP contribution in [-0.2, 0) is 0 Å². The molecule has 108 valence electrons. The lowest BCUT2D eigenvalue weighted by atomic mass is 10.3. The molecule has 0 aliphatic heterocycles. The molecule has 11 heteroatoms. The number of aromatic nitrogens is 6. The first-order chi connectivity index (χ1) is 9.44. The highest BCUT2D eigenvalue weighted by atomic mass is 35.5. The number of nitrogens with one attached hydrogen (secondary N) is 1. The number of anilines is 1. The van der Waals surface area contributed by atoms with Gasteiger partial charge < -0.3 is 5.32 Å². The molecule has 0 aliphatic carbocycles. The van der Waals surface area contributed by atoms with Crippen LogP contribution in [0.25, 0.3) is 5.95 Å². The zero-order valence-electron chi connectivity index (χ0n) is 9.97. The summed E-state index contributed by atoms with van der Waals surface area (Å²) in [6.45, 7) is 0.0661. The summed E-state index contributed by atoms with van der Waals surface area (Å²) in [6.07, 6.45) is -2.50. The van der Waals surface area contributed by atoms with Crippen molar-refractivity contribution in [3.63, 3.8) is 0 Å². The van der Waals surface area contributed by atoms with Crippen molar-refractivity contribution in [3.05, 3.63) is 17.9 Å². The molecule has 2 aromatic heterocycles. The minimum Gasteiger partial charge on any atom is -0.354 e. The Morgan fingerprint density at radius 1 is 1.25 bits per heavy atom. The molecule has 0 aliphatic rings. The number of alkyl halides is 3.